The van der Waals surface area contributed by atoms with Gasteiger partial charge in [-0.1, -0.05) is 0 Å². The SMILES string of the molecule is CNC(=O)C(C)Oc1ccc(C#N)c(F)c1. The molecule has 1 N–H and O–H groups in total. The number of benzene rings is 1. The van der Waals surface area contributed by atoms with Crippen molar-refractivity contribution in [2.75, 3.05) is 7.05 Å². The largest absolute Gasteiger partial charge is 0.481 e. The third-order valence-electron chi connectivity index (χ3n) is 1.99. The van der Waals surface area contributed by atoms with Crippen LogP contribution in [0, 0.1) is 17.1 Å². The maximum Gasteiger partial charge on any atom is 0.260 e. The van der Waals surface area contributed by atoms with Crippen LogP contribution in [-0.4, -0.2) is 19.1 Å². The normalized spacial score (nSPS) is 11.4. The highest BCUT2D eigenvalue weighted by Gasteiger charge is 2.13. The van der Waals surface area contributed by atoms with E-state index in [2.05, 4.69) is 5.32 Å². The number of hydrogen-bond donors (Lipinski definition) is 1. The van der Waals surface area contributed by atoms with Crippen LogP contribution in [0.25, 0.3) is 0 Å². The fourth-order valence-corrected chi connectivity index (χ4v) is 1.12. The summed E-state index contributed by atoms with van der Waals surface area (Å²) in [5.41, 5.74) is -0.0556. The molecule has 0 aliphatic carbocycles. The van der Waals surface area contributed by atoms with E-state index in [0.29, 0.717) is 0 Å². The molecule has 1 amide bonds. The Bertz CT molecular complexity index is 440. The Balaban J connectivity index is 2.80. The van der Waals surface area contributed by atoms with Crippen LogP contribution in [-0.2, 0) is 4.79 Å². The zero-order valence-electron chi connectivity index (χ0n) is 8.95. The van der Waals surface area contributed by atoms with Crippen LogP contribution in [0.15, 0.2) is 18.2 Å². The number of nitriles is 1. The first kappa shape index (κ1) is 12.0. The van der Waals surface area contributed by atoms with Crippen LogP contribution in [0.1, 0.15) is 12.5 Å². The summed E-state index contributed by atoms with van der Waals surface area (Å²) in [6.45, 7) is 1.55. The Morgan fingerprint density at radius 1 is 1.62 bits per heavy atom. The molecule has 1 aromatic rings. The van der Waals surface area contributed by atoms with Gasteiger partial charge in [0.25, 0.3) is 5.91 Å². The summed E-state index contributed by atoms with van der Waals surface area (Å²) in [4.78, 5) is 11.1. The minimum Gasteiger partial charge on any atom is -0.481 e. The lowest BCUT2D eigenvalue weighted by molar-refractivity contribution is -0.126. The van der Waals surface area contributed by atoms with Crippen molar-refractivity contribution in [2.45, 2.75) is 13.0 Å². The molecule has 0 radical (unpaired) electrons. The maximum atomic E-state index is 13.2. The minimum absolute atomic E-state index is 0.0556. The summed E-state index contributed by atoms with van der Waals surface area (Å²) >= 11 is 0. The Labute approximate surface area is 92.6 Å². The average molecular weight is 222 g/mol. The predicted molar refractivity (Wildman–Crippen MR) is 55.3 cm³/mol. The van der Waals surface area contributed by atoms with Gasteiger partial charge in [-0.05, 0) is 19.1 Å². The Hall–Kier alpha value is -2.09. The summed E-state index contributed by atoms with van der Waals surface area (Å²) < 4.78 is 18.4. The van der Waals surface area contributed by atoms with E-state index in [1.165, 1.54) is 19.2 Å². The highest BCUT2D eigenvalue weighted by atomic mass is 19.1. The molecule has 1 atom stereocenters. The maximum absolute atomic E-state index is 13.2. The van der Waals surface area contributed by atoms with E-state index in [1.807, 2.05) is 0 Å². The topological polar surface area (TPSA) is 62.1 Å². The van der Waals surface area contributed by atoms with Gasteiger partial charge in [0, 0.05) is 13.1 Å². The summed E-state index contributed by atoms with van der Waals surface area (Å²) in [6, 6.07) is 5.53. The second-order valence-corrected chi connectivity index (χ2v) is 3.13. The van der Waals surface area contributed by atoms with Crippen LogP contribution in [0.2, 0.25) is 0 Å². The minimum atomic E-state index is -0.711. The van der Waals surface area contributed by atoms with Crippen molar-refractivity contribution in [1.29, 1.82) is 5.26 Å². The van der Waals surface area contributed by atoms with Crippen molar-refractivity contribution >= 4 is 5.91 Å². The van der Waals surface area contributed by atoms with Crippen molar-refractivity contribution in [3.05, 3.63) is 29.6 Å². The Morgan fingerprint density at radius 2 is 2.31 bits per heavy atom. The van der Waals surface area contributed by atoms with Gasteiger partial charge < -0.3 is 10.1 Å². The molecule has 0 saturated heterocycles. The molecule has 1 aromatic carbocycles. The predicted octanol–water partition coefficient (Wildman–Crippen LogP) is 1.21. The Kier molecular flexibility index (Phi) is 3.84. The molecular weight excluding hydrogens is 211 g/mol. The first-order valence-corrected chi connectivity index (χ1v) is 4.66. The van der Waals surface area contributed by atoms with E-state index in [4.69, 9.17) is 10.00 Å². The van der Waals surface area contributed by atoms with Gasteiger partial charge in [0.15, 0.2) is 6.10 Å². The summed E-state index contributed by atoms with van der Waals surface area (Å²) in [6.07, 6.45) is -0.711. The van der Waals surface area contributed by atoms with Crippen LogP contribution < -0.4 is 10.1 Å². The first-order chi connectivity index (χ1) is 7.58. The molecule has 0 saturated carbocycles. The third kappa shape index (κ3) is 2.70. The molecule has 5 heteroatoms. The number of carbonyl (C=O) groups is 1. The molecule has 0 aliphatic rings. The van der Waals surface area contributed by atoms with Gasteiger partial charge in [0.1, 0.15) is 17.6 Å². The van der Waals surface area contributed by atoms with E-state index < -0.39 is 11.9 Å². The smallest absolute Gasteiger partial charge is 0.260 e. The number of hydrogen-bond acceptors (Lipinski definition) is 3. The van der Waals surface area contributed by atoms with E-state index >= 15 is 0 Å². The first-order valence-electron chi connectivity index (χ1n) is 4.66. The second kappa shape index (κ2) is 5.12. The van der Waals surface area contributed by atoms with E-state index in [0.717, 1.165) is 6.07 Å². The highest BCUT2D eigenvalue weighted by Crippen LogP contribution is 2.17. The van der Waals surface area contributed by atoms with Crippen molar-refractivity contribution < 1.29 is 13.9 Å². The van der Waals surface area contributed by atoms with Crippen LogP contribution in [0.4, 0.5) is 4.39 Å². The molecule has 0 heterocycles. The number of rotatable bonds is 3. The molecule has 0 aliphatic heterocycles. The summed E-state index contributed by atoms with van der Waals surface area (Å²) in [5, 5.41) is 10.9. The van der Waals surface area contributed by atoms with E-state index in [-0.39, 0.29) is 17.2 Å². The molecule has 16 heavy (non-hydrogen) atoms. The fourth-order valence-electron chi connectivity index (χ4n) is 1.12. The number of ether oxygens (including phenoxy) is 1. The molecule has 4 nitrogen and oxygen atoms in total. The van der Waals surface area contributed by atoms with Gasteiger partial charge in [0.2, 0.25) is 0 Å². The lowest BCUT2D eigenvalue weighted by Crippen LogP contribution is -2.33. The van der Waals surface area contributed by atoms with Gasteiger partial charge in [0.05, 0.1) is 5.56 Å². The molecule has 0 aromatic heterocycles. The molecular formula is C11H11FN2O2. The number of nitrogens with zero attached hydrogens (tertiary/aromatic N) is 1. The van der Waals surface area contributed by atoms with Crippen molar-refractivity contribution in [3.63, 3.8) is 0 Å². The quantitative estimate of drug-likeness (QED) is 0.836. The molecule has 1 unspecified atom stereocenters. The molecule has 0 fully saturated rings. The number of halogens is 1. The van der Waals surface area contributed by atoms with E-state index in [1.54, 1.807) is 13.0 Å². The van der Waals surface area contributed by atoms with Gasteiger partial charge in [-0.3, -0.25) is 4.79 Å². The average Bonchev–Trinajstić information content (AvgIpc) is 2.28. The van der Waals surface area contributed by atoms with Crippen molar-refractivity contribution in [1.82, 2.24) is 5.32 Å². The third-order valence-corrected chi connectivity index (χ3v) is 1.99. The monoisotopic (exact) mass is 222 g/mol. The molecule has 84 valence electrons. The second-order valence-electron chi connectivity index (χ2n) is 3.13. The van der Waals surface area contributed by atoms with Crippen molar-refractivity contribution in [3.8, 4) is 11.8 Å². The highest BCUT2D eigenvalue weighted by molar-refractivity contribution is 5.80. The lowest BCUT2D eigenvalue weighted by Gasteiger charge is -2.13. The van der Waals surface area contributed by atoms with Gasteiger partial charge in [-0.15, -0.1) is 0 Å². The summed E-state index contributed by atoms with van der Waals surface area (Å²) in [5.74, 6) is -0.749. The summed E-state index contributed by atoms with van der Waals surface area (Å²) in [7, 11) is 1.49. The molecule has 0 spiro atoms. The van der Waals surface area contributed by atoms with Crippen LogP contribution in [0.3, 0.4) is 0 Å². The lowest BCUT2D eigenvalue weighted by atomic mass is 10.2. The van der Waals surface area contributed by atoms with E-state index in [9.17, 15) is 9.18 Å². The van der Waals surface area contributed by atoms with Crippen LogP contribution in [0.5, 0.6) is 5.75 Å². The van der Waals surface area contributed by atoms with Gasteiger partial charge in [-0.25, -0.2) is 4.39 Å². The standard InChI is InChI=1S/C11H11FN2O2/c1-7(11(15)14-2)16-9-4-3-8(6-13)10(12)5-9/h3-5,7H,1-2H3,(H,14,15). The number of carbonyl (C=O) groups excluding carboxylic acids is 1. The fraction of sp³-hybridized carbons (Fsp3) is 0.273. The zero-order valence-corrected chi connectivity index (χ0v) is 8.95. The molecule has 1 rings (SSSR count). The number of nitrogens with one attached hydrogen (secondary N) is 1. The molecule has 0 bridgehead atoms. The number of likely N-dealkylation sites (N-methyl/N-ethyl adjacent to an activating group) is 1. The van der Waals surface area contributed by atoms with Gasteiger partial charge in [-0.2, -0.15) is 5.26 Å². The Morgan fingerprint density at radius 3 is 2.81 bits per heavy atom. The number of amides is 1. The zero-order chi connectivity index (χ0) is 12.1. The van der Waals surface area contributed by atoms with Crippen LogP contribution >= 0.6 is 0 Å². The van der Waals surface area contributed by atoms with Gasteiger partial charge >= 0.3 is 0 Å². The van der Waals surface area contributed by atoms with Crippen molar-refractivity contribution in [2.24, 2.45) is 0 Å².